The molecule has 0 saturated heterocycles. The van der Waals surface area contributed by atoms with Crippen molar-refractivity contribution in [3.8, 4) is 11.8 Å². The van der Waals surface area contributed by atoms with Gasteiger partial charge in [0.25, 0.3) is 0 Å². The van der Waals surface area contributed by atoms with Crippen molar-refractivity contribution in [2.75, 3.05) is 0 Å². The second-order valence-corrected chi connectivity index (χ2v) is 14.0. The summed E-state index contributed by atoms with van der Waals surface area (Å²) in [5.74, 6) is 7.14. The Kier molecular flexibility index (Phi) is 13.8. The second kappa shape index (κ2) is 16.2. The fraction of sp³-hybridized carbons (Fsp3) is 0.600. The zero-order chi connectivity index (χ0) is 29.8. The minimum absolute atomic E-state index is 0.293. The summed E-state index contributed by atoms with van der Waals surface area (Å²) < 4.78 is 0. The molecule has 2 rings (SSSR count). The Morgan fingerprint density at radius 2 is 1.52 bits per heavy atom. The van der Waals surface area contributed by atoms with Crippen LogP contribution in [0.5, 0.6) is 0 Å². The first-order valence-corrected chi connectivity index (χ1v) is 16.0. The van der Waals surface area contributed by atoms with Gasteiger partial charge in [-0.1, -0.05) is 116 Å². The van der Waals surface area contributed by atoms with Gasteiger partial charge in [0.1, 0.15) is 0 Å². The van der Waals surface area contributed by atoms with Gasteiger partial charge >= 0.3 is 0 Å². The van der Waals surface area contributed by atoms with Crippen LogP contribution in [0.2, 0.25) is 0 Å². The molecule has 0 aromatic heterocycles. The van der Waals surface area contributed by atoms with Gasteiger partial charge in [0.2, 0.25) is 0 Å². The quantitative estimate of drug-likeness (QED) is 0.106. The van der Waals surface area contributed by atoms with Crippen LogP contribution in [0.3, 0.4) is 0 Å². The van der Waals surface area contributed by atoms with Crippen LogP contribution in [-0.4, -0.2) is 0 Å². The number of hydrogen-bond donors (Lipinski definition) is 0. The molecule has 40 heavy (non-hydrogen) atoms. The maximum absolute atomic E-state index is 3.44. The highest BCUT2D eigenvalue weighted by Crippen LogP contribution is 2.43. The van der Waals surface area contributed by atoms with Crippen LogP contribution < -0.4 is 0 Å². The van der Waals surface area contributed by atoms with E-state index in [9.17, 15) is 0 Å². The van der Waals surface area contributed by atoms with Crippen LogP contribution in [0.4, 0.5) is 0 Å². The molecule has 2 aliphatic rings. The normalized spacial score (nSPS) is 21.3. The van der Waals surface area contributed by atoms with Crippen LogP contribution in [0.25, 0.3) is 0 Å². The molecule has 0 N–H and O–H groups in total. The topological polar surface area (TPSA) is 0 Å². The third-order valence-corrected chi connectivity index (χ3v) is 9.11. The molecule has 0 heterocycles. The van der Waals surface area contributed by atoms with Gasteiger partial charge in [0, 0.05) is 12.3 Å². The van der Waals surface area contributed by atoms with Gasteiger partial charge in [0.15, 0.2) is 0 Å². The highest BCUT2D eigenvalue weighted by molar-refractivity contribution is 5.34. The van der Waals surface area contributed by atoms with Gasteiger partial charge in [0.05, 0.1) is 0 Å². The summed E-state index contributed by atoms with van der Waals surface area (Å²) in [7, 11) is 0. The van der Waals surface area contributed by atoms with Crippen LogP contribution >= 0.6 is 0 Å². The second-order valence-electron chi connectivity index (χ2n) is 14.0. The van der Waals surface area contributed by atoms with Gasteiger partial charge in [-0.05, 0) is 122 Å². The number of unbranched alkanes of at least 4 members (excludes halogenated alkanes) is 1. The SMILES string of the molecule is CC1=C(/C=C/C(C)C#CC/C(C)=C/CC/C=C(C)/C=C\C=C(/C)CCC2=C(C)CCCC2(C)C)C(C)(C)CCC1. The van der Waals surface area contributed by atoms with Crippen molar-refractivity contribution < 1.29 is 0 Å². The first-order chi connectivity index (χ1) is 18.8. The Labute approximate surface area is 249 Å². The Hall–Kier alpha value is -2.26. The van der Waals surface area contributed by atoms with E-state index in [4.69, 9.17) is 0 Å². The van der Waals surface area contributed by atoms with E-state index < -0.39 is 0 Å². The largest absolute Gasteiger partial charge is 0.0983 e. The summed E-state index contributed by atoms with van der Waals surface area (Å²) in [6.07, 6.45) is 29.4. The zero-order valence-corrected chi connectivity index (χ0v) is 27.9. The van der Waals surface area contributed by atoms with Crippen molar-refractivity contribution in [3.63, 3.8) is 0 Å². The van der Waals surface area contributed by atoms with E-state index in [1.807, 2.05) is 0 Å². The molecule has 0 aliphatic heterocycles. The lowest BCUT2D eigenvalue weighted by atomic mass is 9.71. The number of rotatable bonds is 11. The molecule has 0 heteroatoms. The maximum atomic E-state index is 3.44. The highest BCUT2D eigenvalue weighted by atomic mass is 14.3. The van der Waals surface area contributed by atoms with E-state index >= 15 is 0 Å². The lowest BCUT2D eigenvalue weighted by Gasteiger charge is -2.34. The van der Waals surface area contributed by atoms with E-state index in [0.717, 1.165) is 19.3 Å². The van der Waals surface area contributed by atoms with E-state index in [1.54, 1.807) is 16.7 Å². The smallest absolute Gasteiger partial charge is 0.0357 e. The molecule has 1 atom stereocenters. The average molecular weight is 541 g/mol. The number of hydrogen-bond acceptors (Lipinski definition) is 0. The fourth-order valence-electron chi connectivity index (χ4n) is 6.43. The molecule has 0 radical (unpaired) electrons. The zero-order valence-electron chi connectivity index (χ0n) is 27.9. The minimum atomic E-state index is 0.293. The average Bonchev–Trinajstić information content (AvgIpc) is 2.85. The first kappa shape index (κ1) is 33.9. The summed E-state index contributed by atoms with van der Waals surface area (Å²) in [4.78, 5) is 0. The predicted molar refractivity (Wildman–Crippen MR) is 180 cm³/mol. The Balaban J connectivity index is 1.75. The van der Waals surface area contributed by atoms with Crippen LogP contribution in [0.15, 0.2) is 81.5 Å². The van der Waals surface area contributed by atoms with Crippen LogP contribution in [0.1, 0.15) is 140 Å². The van der Waals surface area contributed by atoms with Gasteiger partial charge in [-0.3, -0.25) is 0 Å². The van der Waals surface area contributed by atoms with Crippen molar-refractivity contribution in [2.24, 2.45) is 16.7 Å². The molecule has 0 fully saturated rings. The third kappa shape index (κ3) is 11.7. The highest BCUT2D eigenvalue weighted by Gasteiger charge is 2.28. The molecule has 0 saturated carbocycles. The van der Waals surface area contributed by atoms with Gasteiger partial charge in [-0.25, -0.2) is 0 Å². The summed E-state index contributed by atoms with van der Waals surface area (Å²) >= 11 is 0. The summed E-state index contributed by atoms with van der Waals surface area (Å²) in [5, 5.41) is 0. The molecule has 0 aromatic rings. The minimum Gasteiger partial charge on any atom is -0.0983 e. The lowest BCUT2D eigenvalue weighted by Crippen LogP contribution is -2.20. The molecular weight excluding hydrogens is 480 g/mol. The van der Waals surface area contributed by atoms with E-state index in [1.165, 1.54) is 73.7 Å². The molecule has 0 bridgehead atoms. The number of allylic oxidation sites excluding steroid dienone is 14. The molecule has 0 spiro atoms. The van der Waals surface area contributed by atoms with Gasteiger partial charge in [-0.15, -0.1) is 0 Å². The van der Waals surface area contributed by atoms with E-state index in [0.29, 0.717) is 16.7 Å². The third-order valence-electron chi connectivity index (χ3n) is 9.11. The van der Waals surface area contributed by atoms with Crippen molar-refractivity contribution in [1.29, 1.82) is 0 Å². The predicted octanol–water partition coefficient (Wildman–Crippen LogP) is 12.6. The summed E-state index contributed by atoms with van der Waals surface area (Å²) in [5.41, 5.74) is 11.3. The van der Waals surface area contributed by atoms with Crippen molar-refractivity contribution in [1.82, 2.24) is 0 Å². The first-order valence-electron chi connectivity index (χ1n) is 16.0. The van der Waals surface area contributed by atoms with Gasteiger partial charge < -0.3 is 0 Å². The molecule has 2 aliphatic carbocycles. The van der Waals surface area contributed by atoms with E-state index in [-0.39, 0.29) is 0 Å². The van der Waals surface area contributed by atoms with E-state index in [2.05, 4.69) is 124 Å². The lowest BCUT2D eigenvalue weighted by molar-refractivity contribution is 0.354. The molecule has 220 valence electrons. The maximum Gasteiger partial charge on any atom is 0.0357 e. The monoisotopic (exact) mass is 540 g/mol. The molecular formula is C40H60. The fourth-order valence-corrected chi connectivity index (χ4v) is 6.43. The molecule has 1 unspecified atom stereocenters. The van der Waals surface area contributed by atoms with Crippen molar-refractivity contribution >= 4 is 0 Å². The Morgan fingerprint density at radius 1 is 0.875 bits per heavy atom. The molecule has 0 nitrogen and oxygen atoms in total. The Bertz CT molecular complexity index is 1120. The van der Waals surface area contributed by atoms with Gasteiger partial charge in [-0.2, -0.15) is 0 Å². The molecule has 0 aromatic carbocycles. The standard InChI is InChI=1S/C40H60/c1-31(19-13-21-33(3)25-27-37-35(5)23-15-29-39(37,7)8)17-11-12-18-32(2)20-14-22-34(4)26-28-38-36(6)24-16-30-40(38,9)10/h13,17-19,21,26,28,34H,11-12,15-16,20,23-25,27,29-30H2,1-10H3/b19-13-,28-26+,31-17+,32-18+,33-21+. The van der Waals surface area contributed by atoms with Crippen molar-refractivity contribution in [2.45, 2.75) is 140 Å². The van der Waals surface area contributed by atoms with Crippen molar-refractivity contribution in [3.05, 3.63) is 81.5 Å². The van der Waals surface area contributed by atoms with Crippen LogP contribution in [-0.2, 0) is 0 Å². The summed E-state index contributed by atoms with van der Waals surface area (Å²) in [6.45, 7) is 23.2. The summed E-state index contributed by atoms with van der Waals surface area (Å²) in [6, 6.07) is 0. The van der Waals surface area contributed by atoms with Crippen LogP contribution in [0, 0.1) is 28.6 Å². The Morgan fingerprint density at radius 3 is 2.20 bits per heavy atom. The molecule has 0 amide bonds.